The number of ether oxygens (including phenoxy) is 5. The van der Waals surface area contributed by atoms with Gasteiger partial charge >= 0.3 is 22.2 Å². The summed E-state index contributed by atoms with van der Waals surface area (Å²) >= 11 is 5.80. The average Bonchev–Trinajstić information content (AvgIpc) is 3.38. The lowest BCUT2D eigenvalue weighted by atomic mass is 9.89. The van der Waals surface area contributed by atoms with Gasteiger partial charge in [-0.15, -0.1) is 0 Å². The third-order valence-corrected chi connectivity index (χ3v) is 7.97. The van der Waals surface area contributed by atoms with Crippen molar-refractivity contribution in [2.24, 2.45) is 11.7 Å². The molecule has 5 atom stereocenters. The van der Waals surface area contributed by atoms with Gasteiger partial charge in [0.2, 0.25) is 0 Å². The maximum Gasteiger partial charge on any atom is 0.362 e. The Labute approximate surface area is 271 Å². The second-order valence-electron chi connectivity index (χ2n) is 12.9. The molecule has 0 saturated carbocycles. The standard InChI is InChI=1S/C28H40ClN3O13S/c1-15(2)13-28(30,25(35)45-26(3,4)5)24(34)31-46(38,39)41-14-20-22-21(43-27(6,7)44-22)19(42-20)10-11-40-23(33)16-8-9-17(29)18(12-16)32(36)37/h8-9,12,15,19-22H,10-11,13-14,30H2,1-7H3,(H,31,34). The van der Waals surface area contributed by atoms with Gasteiger partial charge < -0.3 is 29.4 Å². The number of fused-ring (bicyclic) bond motifs is 1. The first-order chi connectivity index (χ1) is 21.0. The Balaban J connectivity index is 1.64. The normalized spacial score (nSPS) is 23.8. The third-order valence-electron chi connectivity index (χ3n) is 6.76. The van der Waals surface area contributed by atoms with Crippen LogP contribution in [0, 0.1) is 16.0 Å². The van der Waals surface area contributed by atoms with Crippen molar-refractivity contribution in [3.63, 3.8) is 0 Å². The van der Waals surface area contributed by atoms with E-state index >= 15 is 0 Å². The predicted octanol–water partition coefficient (Wildman–Crippen LogP) is 2.55. The zero-order valence-electron chi connectivity index (χ0n) is 26.6. The predicted molar refractivity (Wildman–Crippen MR) is 161 cm³/mol. The van der Waals surface area contributed by atoms with E-state index in [4.69, 9.17) is 45.2 Å². The van der Waals surface area contributed by atoms with Gasteiger partial charge in [-0.05, 0) is 59.1 Å². The second-order valence-corrected chi connectivity index (χ2v) is 14.6. The molecule has 16 nitrogen and oxygen atoms in total. The fraction of sp³-hybridized carbons (Fsp3) is 0.679. The number of hydrogen-bond acceptors (Lipinski definition) is 14. The van der Waals surface area contributed by atoms with Crippen LogP contribution < -0.4 is 10.5 Å². The molecule has 3 N–H and O–H groups in total. The number of nitrogens with one attached hydrogen (secondary N) is 1. The number of nitrogens with zero attached hydrogens (tertiary/aromatic N) is 1. The molecular weight excluding hydrogens is 654 g/mol. The summed E-state index contributed by atoms with van der Waals surface area (Å²) in [4.78, 5) is 48.8. The number of nitro benzene ring substituents is 1. The molecule has 1 amide bonds. The van der Waals surface area contributed by atoms with Gasteiger partial charge in [0.1, 0.15) is 28.9 Å². The zero-order chi connectivity index (χ0) is 34.8. The molecule has 2 aliphatic rings. The van der Waals surface area contributed by atoms with Crippen LogP contribution in [0.5, 0.6) is 0 Å². The van der Waals surface area contributed by atoms with Gasteiger partial charge in [0, 0.05) is 12.5 Å². The number of esters is 2. The van der Waals surface area contributed by atoms with Crippen LogP contribution in [-0.4, -0.2) is 85.7 Å². The summed E-state index contributed by atoms with van der Waals surface area (Å²) in [7, 11) is -4.80. The van der Waals surface area contributed by atoms with E-state index in [9.17, 15) is 32.9 Å². The molecule has 46 heavy (non-hydrogen) atoms. The highest BCUT2D eigenvalue weighted by molar-refractivity contribution is 7.85. The van der Waals surface area contributed by atoms with Gasteiger partial charge in [-0.2, -0.15) is 8.42 Å². The summed E-state index contributed by atoms with van der Waals surface area (Å²) in [6.07, 6.45) is -3.35. The number of carbonyl (C=O) groups is 3. The van der Waals surface area contributed by atoms with E-state index in [1.165, 1.54) is 12.1 Å². The lowest BCUT2D eigenvalue weighted by Gasteiger charge is -2.31. The molecule has 0 aromatic heterocycles. The maximum atomic E-state index is 13.1. The fourth-order valence-corrected chi connectivity index (χ4v) is 5.91. The average molecular weight is 694 g/mol. The first kappa shape index (κ1) is 37.5. The minimum Gasteiger partial charge on any atom is -0.462 e. The Kier molecular flexibility index (Phi) is 11.5. The van der Waals surface area contributed by atoms with E-state index in [-0.39, 0.29) is 36.0 Å². The van der Waals surface area contributed by atoms with Crippen LogP contribution in [0.15, 0.2) is 18.2 Å². The molecule has 0 bridgehead atoms. The van der Waals surface area contributed by atoms with Crippen molar-refractivity contribution >= 4 is 45.4 Å². The van der Waals surface area contributed by atoms with E-state index in [1.807, 2.05) is 0 Å². The lowest BCUT2D eigenvalue weighted by Crippen LogP contribution is -2.62. The maximum absolute atomic E-state index is 13.1. The Bertz CT molecular complexity index is 1450. The number of nitro groups is 1. The Morgan fingerprint density at radius 2 is 1.76 bits per heavy atom. The molecule has 3 rings (SSSR count). The summed E-state index contributed by atoms with van der Waals surface area (Å²) in [6, 6.07) is 3.50. The second kappa shape index (κ2) is 14.0. The quantitative estimate of drug-likeness (QED) is 0.131. The smallest absolute Gasteiger partial charge is 0.362 e. The first-order valence-electron chi connectivity index (χ1n) is 14.4. The minimum absolute atomic E-state index is 0.0806. The van der Waals surface area contributed by atoms with Crippen molar-refractivity contribution in [3.8, 4) is 0 Å². The molecule has 1 aromatic carbocycles. The molecule has 5 unspecified atom stereocenters. The van der Waals surface area contributed by atoms with Crippen LogP contribution in [0.4, 0.5) is 5.69 Å². The summed E-state index contributed by atoms with van der Waals surface area (Å²) < 4.78 is 60.7. The SMILES string of the molecule is CC(C)CC(N)(C(=O)NS(=O)(=O)OCC1OC(CCOC(=O)c2ccc(Cl)c([N+](=O)[O-])c2)C2OC(C)(C)OC12)C(=O)OC(C)(C)C. The molecular formula is C28H40ClN3O13S. The van der Waals surface area contributed by atoms with Gasteiger partial charge in [-0.3, -0.25) is 19.1 Å². The number of amides is 1. The van der Waals surface area contributed by atoms with E-state index in [0.717, 1.165) is 6.07 Å². The Morgan fingerprint density at radius 1 is 1.15 bits per heavy atom. The topological polar surface area (TPSA) is 222 Å². The van der Waals surface area contributed by atoms with E-state index in [2.05, 4.69) is 0 Å². The van der Waals surface area contributed by atoms with Gasteiger partial charge in [0.25, 0.3) is 11.6 Å². The van der Waals surface area contributed by atoms with Crippen LogP contribution in [0.2, 0.25) is 5.02 Å². The van der Waals surface area contributed by atoms with Crippen molar-refractivity contribution in [2.75, 3.05) is 13.2 Å². The minimum atomic E-state index is -4.80. The van der Waals surface area contributed by atoms with Crippen LogP contribution in [-0.2, 0) is 47.8 Å². The molecule has 0 radical (unpaired) electrons. The number of rotatable bonds is 13. The van der Waals surface area contributed by atoms with Crippen molar-refractivity contribution in [3.05, 3.63) is 38.9 Å². The highest BCUT2D eigenvalue weighted by atomic mass is 35.5. The van der Waals surface area contributed by atoms with Crippen molar-refractivity contribution in [1.82, 2.24) is 4.72 Å². The van der Waals surface area contributed by atoms with Crippen molar-refractivity contribution in [2.45, 2.75) is 103 Å². The van der Waals surface area contributed by atoms with Crippen LogP contribution >= 0.6 is 11.6 Å². The molecule has 0 aliphatic carbocycles. The molecule has 0 spiro atoms. The molecule has 1 aromatic rings. The lowest BCUT2D eigenvalue weighted by molar-refractivity contribution is -0.384. The van der Waals surface area contributed by atoms with E-state index < -0.39 is 86.7 Å². The van der Waals surface area contributed by atoms with Gasteiger partial charge in [0.05, 0.1) is 29.8 Å². The number of nitrogens with two attached hydrogens (primary N) is 1. The first-order valence-corrected chi connectivity index (χ1v) is 16.2. The fourth-order valence-electron chi connectivity index (χ4n) is 4.94. The molecule has 2 aliphatic heterocycles. The van der Waals surface area contributed by atoms with Gasteiger partial charge in [0.15, 0.2) is 11.3 Å². The van der Waals surface area contributed by atoms with Crippen molar-refractivity contribution < 1.29 is 55.6 Å². The van der Waals surface area contributed by atoms with Crippen LogP contribution in [0.3, 0.4) is 0 Å². The van der Waals surface area contributed by atoms with E-state index in [1.54, 1.807) is 53.2 Å². The molecule has 2 heterocycles. The highest BCUT2D eigenvalue weighted by Crippen LogP contribution is 2.40. The molecule has 18 heteroatoms. The largest absolute Gasteiger partial charge is 0.462 e. The van der Waals surface area contributed by atoms with E-state index in [0.29, 0.717) is 0 Å². The van der Waals surface area contributed by atoms with Gasteiger partial charge in [-0.1, -0.05) is 25.4 Å². The number of hydrogen-bond donors (Lipinski definition) is 2. The molecule has 2 fully saturated rings. The van der Waals surface area contributed by atoms with Crippen LogP contribution in [0.25, 0.3) is 0 Å². The highest BCUT2D eigenvalue weighted by Gasteiger charge is 2.55. The zero-order valence-corrected chi connectivity index (χ0v) is 28.1. The summed E-state index contributed by atoms with van der Waals surface area (Å²) in [5.41, 5.74) is 2.28. The number of halogens is 1. The third kappa shape index (κ3) is 9.56. The number of benzene rings is 1. The Morgan fingerprint density at radius 3 is 2.33 bits per heavy atom. The summed E-state index contributed by atoms with van der Waals surface area (Å²) in [5, 5.41) is 11.0. The molecule has 258 valence electrons. The monoisotopic (exact) mass is 693 g/mol. The summed E-state index contributed by atoms with van der Waals surface area (Å²) in [5.74, 6) is -4.60. The van der Waals surface area contributed by atoms with Gasteiger partial charge in [-0.25, -0.2) is 14.3 Å². The van der Waals surface area contributed by atoms with Crippen LogP contribution in [0.1, 0.15) is 71.7 Å². The Hall–Kier alpha value is -2.93. The number of carbonyl (C=O) groups excluding carboxylic acids is 3. The molecule has 2 saturated heterocycles. The summed E-state index contributed by atoms with van der Waals surface area (Å²) in [6.45, 7) is 10.6. The van der Waals surface area contributed by atoms with Crippen molar-refractivity contribution in [1.29, 1.82) is 0 Å².